The zero-order valence-corrected chi connectivity index (χ0v) is 7.98. The van der Waals surface area contributed by atoms with Crippen molar-refractivity contribution in [2.75, 3.05) is 13.1 Å². The molecule has 5 heteroatoms. The average molecular weight is 197 g/mol. The summed E-state index contributed by atoms with van der Waals surface area (Å²) in [6, 6.07) is 0. The number of carbonyl (C=O) groups is 1. The lowest BCUT2D eigenvalue weighted by Gasteiger charge is -2.14. The van der Waals surface area contributed by atoms with Crippen molar-refractivity contribution in [1.82, 2.24) is 14.5 Å². The Hall–Kier alpha value is -1.39. The SMILES string of the molecule is Cn1cncc1C(=O)N1CCC(F)C1. The van der Waals surface area contributed by atoms with Crippen LogP contribution in [0.2, 0.25) is 0 Å². The number of hydrogen-bond donors (Lipinski definition) is 0. The molecule has 2 heterocycles. The van der Waals surface area contributed by atoms with Crippen LogP contribution in [0.1, 0.15) is 16.9 Å². The molecule has 4 nitrogen and oxygen atoms in total. The van der Waals surface area contributed by atoms with Crippen molar-refractivity contribution in [2.45, 2.75) is 12.6 Å². The molecule has 1 aromatic rings. The smallest absolute Gasteiger partial charge is 0.272 e. The Kier molecular flexibility index (Phi) is 2.23. The molecule has 1 fully saturated rings. The van der Waals surface area contributed by atoms with E-state index in [2.05, 4.69) is 4.98 Å². The van der Waals surface area contributed by atoms with E-state index < -0.39 is 6.17 Å². The number of aromatic nitrogens is 2. The minimum Gasteiger partial charge on any atom is -0.334 e. The molecule has 0 saturated carbocycles. The van der Waals surface area contributed by atoms with Crippen molar-refractivity contribution in [1.29, 1.82) is 0 Å². The van der Waals surface area contributed by atoms with Crippen molar-refractivity contribution >= 4 is 5.91 Å². The standard InChI is InChI=1S/C9H12FN3O/c1-12-6-11-4-8(12)9(14)13-3-2-7(10)5-13/h4,6-7H,2-3,5H2,1H3. The molecular formula is C9H12FN3O. The van der Waals surface area contributed by atoms with E-state index in [1.54, 1.807) is 17.9 Å². The number of nitrogens with zero attached hydrogens (tertiary/aromatic N) is 3. The molecule has 1 aliphatic heterocycles. The van der Waals surface area contributed by atoms with Gasteiger partial charge in [-0.25, -0.2) is 9.37 Å². The van der Waals surface area contributed by atoms with Crippen LogP contribution in [0.5, 0.6) is 0 Å². The van der Waals surface area contributed by atoms with Gasteiger partial charge in [0.15, 0.2) is 0 Å². The Labute approximate surface area is 81.3 Å². The van der Waals surface area contributed by atoms with E-state index in [0.29, 0.717) is 18.7 Å². The predicted octanol–water partition coefficient (Wildman–Crippen LogP) is 0.604. The van der Waals surface area contributed by atoms with Gasteiger partial charge in [0, 0.05) is 13.6 Å². The highest BCUT2D eigenvalue weighted by atomic mass is 19.1. The van der Waals surface area contributed by atoms with E-state index >= 15 is 0 Å². The lowest BCUT2D eigenvalue weighted by atomic mass is 10.3. The predicted molar refractivity (Wildman–Crippen MR) is 48.6 cm³/mol. The first-order chi connectivity index (χ1) is 6.68. The third kappa shape index (κ3) is 1.49. The number of imidazole rings is 1. The summed E-state index contributed by atoms with van der Waals surface area (Å²) in [5, 5.41) is 0. The van der Waals surface area contributed by atoms with E-state index in [-0.39, 0.29) is 12.5 Å². The Balaban J connectivity index is 2.13. The molecule has 1 atom stereocenters. The van der Waals surface area contributed by atoms with Gasteiger partial charge >= 0.3 is 0 Å². The summed E-state index contributed by atoms with van der Waals surface area (Å²) in [5.74, 6) is -0.134. The van der Waals surface area contributed by atoms with Crippen molar-refractivity contribution in [3.05, 3.63) is 18.2 Å². The van der Waals surface area contributed by atoms with Crippen LogP contribution in [-0.4, -0.2) is 39.6 Å². The van der Waals surface area contributed by atoms with Crippen LogP contribution >= 0.6 is 0 Å². The fourth-order valence-electron chi connectivity index (χ4n) is 1.63. The number of carbonyl (C=O) groups excluding carboxylic acids is 1. The number of rotatable bonds is 1. The largest absolute Gasteiger partial charge is 0.334 e. The number of halogens is 1. The Morgan fingerprint density at radius 3 is 3.00 bits per heavy atom. The van der Waals surface area contributed by atoms with Crippen LogP contribution in [0.3, 0.4) is 0 Å². The lowest BCUT2D eigenvalue weighted by molar-refractivity contribution is 0.0773. The number of likely N-dealkylation sites (tertiary alicyclic amines) is 1. The molecule has 0 N–H and O–H groups in total. The molecule has 1 aliphatic rings. The summed E-state index contributed by atoms with van der Waals surface area (Å²) in [5.41, 5.74) is 0.513. The summed E-state index contributed by atoms with van der Waals surface area (Å²) < 4.78 is 14.5. The van der Waals surface area contributed by atoms with E-state index in [0.717, 1.165) is 0 Å². The van der Waals surface area contributed by atoms with E-state index in [1.807, 2.05) is 0 Å². The third-order valence-electron chi connectivity index (χ3n) is 2.45. The van der Waals surface area contributed by atoms with Crippen LogP contribution < -0.4 is 0 Å². The average Bonchev–Trinajstić information content (AvgIpc) is 2.73. The van der Waals surface area contributed by atoms with Crippen molar-refractivity contribution < 1.29 is 9.18 Å². The van der Waals surface area contributed by atoms with Crippen LogP contribution in [0, 0.1) is 0 Å². The van der Waals surface area contributed by atoms with Crippen molar-refractivity contribution in [2.24, 2.45) is 7.05 Å². The molecule has 2 rings (SSSR count). The maximum absolute atomic E-state index is 12.9. The van der Waals surface area contributed by atoms with Gasteiger partial charge in [-0.05, 0) is 6.42 Å². The van der Waals surface area contributed by atoms with Gasteiger partial charge in [-0.3, -0.25) is 4.79 Å². The highest BCUT2D eigenvalue weighted by molar-refractivity contribution is 5.92. The normalized spacial score (nSPS) is 21.6. The number of aryl methyl sites for hydroxylation is 1. The second-order valence-electron chi connectivity index (χ2n) is 3.53. The molecule has 0 spiro atoms. The van der Waals surface area contributed by atoms with Crippen molar-refractivity contribution in [3.8, 4) is 0 Å². The summed E-state index contributed by atoms with van der Waals surface area (Å²) in [6.45, 7) is 0.717. The molecular weight excluding hydrogens is 185 g/mol. The maximum atomic E-state index is 12.9. The van der Waals surface area contributed by atoms with Gasteiger partial charge in [-0.1, -0.05) is 0 Å². The van der Waals surface area contributed by atoms with Crippen LogP contribution in [0.4, 0.5) is 4.39 Å². The van der Waals surface area contributed by atoms with Gasteiger partial charge in [0.25, 0.3) is 5.91 Å². The molecule has 1 unspecified atom stereocenters. The molecule has 1 aromatic heterocycles. The van der Waals surface area contributed by atoms with Crippen LogP contribution in [-0.2, 0) is 7.05 Å². The quantitative estimate of drug-likeness (QED) is 0.661. The number of alkyl halides is 1. The van der Waals surface area contributed by atoms with Crippen molar-refractivity contribution in [3.63, 3.8) is 0 Å². The molecule has 0 aromatic carbocycles. The first kappa shape index (κ1) is 9.18. The second-order valence-corrected chi connectivity index (χ2v) is 3.53. The first-order valence-corrected chi connectivity index (χ1v) is 4.58. The molecule has 1 amide bonds. The number of amides is 1. The minimum atomic E-state index is -0.868. The zero-order valence-electron chi connectivity index (χ0n) is 7.98. The molecule has 0 radical (unpaired) electrons. The molecule has 1 saturated heterocycles. The maximum Gasteiger partial charge on any atom is 0.272 e. The molecule has 0 bridgehead atoms. The van der Waals surface area contributed by atoms with Crippen LogP contribution in [0.25, 0.3) is 0 Å². The van der Waals surface area contributed by atoms with E-state index in [4.69, 9.17) is 0 Å². The monoisotopic (exact) mass is 197 g/mol. The fourth-order valence-corrected chi connectivity index (χ4v) is 1.63. The fraction of sp³-hybridized carbons (Fsp3) is 0.556. The highest BCUT2D eigenvalue weighted by Gasteiger charge is 2.27. The van der Waals surface area contributed by atoms with Gasteiger partial charge in [0.05, 0.1) is 19.1 Å². The summed E-state index contributed by atoms with van der Waals surface area (Å²) in [7, 11) is 1.75. The Bertz CT molecular complexity index is 350. The van der Waals surface area contributed by atoms with Crippen LogP contribution in [0.15, 0.2) is 12.5 Å². The molecule has 14 heavy (non-hydrogen) atoms. The van der Waals surface area contributed by atoms with E-state index in [9.17, 15) is 9.18 Å². The zero-order chi connectivity index (χ0) is 10.1. The van der Waals surface area contributed by atoms with E-state index in [1.165, 1.54) is 11.1 Å². The van der Waals surface area contributed by atoms with Gasteiger partial charge in [0.2, 0.25) is 0 Å². The summed E-state index contributed by atoms with van der Waals surface area (Å²) in [4.78, 5) is 17.2. The minimum absolute atomic E-state index is 0.134. The van der Waals surface area contributed by atoms with Gasteiger partial charge < -0.3 is 9.47 Å². The van der Waals surface area contributed by atoms with Gasteiger partial charge in [-0.2, -0.15) is 0 Å². The molecule has 0 aliphatic carbocycles. The lowest BCUT2D eigenvalue weighted by Crippen LogP contribution is -2.30. The second kappa shape index (κ2) is 3.40. The molecule has 76 valence electrons. The summed E-state index contributed by atoms with van der Waals surface area (Å²) in [6.07, 6.45) is 2.65. The Morgan fingerprint density at radius 1 is 1.71 bits per heavy atom. The van der Waals surface area contributed by atoms with Gasteiger partial charge in [-0.15, -0.1) is 0 Å². The third-order valence-corrected chi connectivity index (χ3v) is 2.45. The van der Waals surface area contributed by atoms with Gasteiger partial charge in [0.1, 0.15) is 11.9 Å². The first-order valence-electron chi connectivity index (χ1n) is 4.58. The summed E-state index contributed by atoms with van der Waals surface area (Å²) >= 11 is 0. The Morgan fingerprint density at radius 2 is 2.50 bits per heavy atom. The highest BCUT2D eigenvalue weighted by Crippen LogP contribution is 2.15. The topological polar surface area (TPSA) is 38.1 Å². The number of hydrogen-bond acceptors (Lipinski definition) is 2.